The van der Waals surface area contributed by atoms with Crippen molar-refractivity contribution in [3.05, 3.63) is 48.4 Å². The molecule has 0 radical (unpaired) electrons. The molecule has 4 nitrogen and oxygen atoms in total. The van der Waals surface area contributed by atoms with Gasteiger partial charge in [0.25, 0.3) is 0 Å². The van der Waals surface area contributed by atoms with E-state index in [-0.39, 0.29) is 0 Å². The summed E-state index contributed by atoms with van der Waals surface area (Å²) in [5, 5.41) is 0. The molecule has 0 amide bonds. The number of aryl methyl sites for hydroxylation is 1. The average molecular weight is 341 g/mol. The number of rotatable bonds is 7. The first-order valence-corrected chi connectivity index (χ1v) is 9.02. The Morgan fingerprint density at radius 2 is 2.24 bits per heavy atom. The average Bonchev–Trinajstić information content (AvgIpc) is 3.01. The lowest BCUT2D eigenvalue weighted by Crippen LogP contribution is -2.22. The van der Waals surface area contributed by atoms with Gasteiger partial charge in [-0.15, -0.1) is 6.58 Å². The summed E-state index contributed by atoms with van der Waals surface area (Å²) in [5.74, 6) is 2.93. The highest BCUT2D eigenvalue weighted by Crippen LogP contribution is 2.30. The molecule has 1 saturated carbocycles. The third kappa shape index (κ3) is 4.51. The third-order valence-corrected chi connectivity index (χ3v) is 4.90. The number of ether oxygens (including phenoxy) is 2. The van der Waals surface area contributed by atoms with E-state index < -0.39 is 0 Å². The van der Waals surface area contributed by atoms with E-state index in [1.807, 2.05) is 37.3 Å². The minimum atomic E-state index is 0.315. The van der Waals surface area contributed by atoms with E-state index in [1.54, 1.807) is 7.11 Å². The second-order valence-corrected chi connectivity index (χ2v) is 6.74. The number of allylic oxidation sites excluding steroid dienone is 1. The molecule has 0 N–H and O–H groups in total. The van der Waals surface area contributed by atoms with Crippen molar-refractivity contribution < 1.29 is 13.9 Å². The van der Waals surface area contributed by atoms with Crippen LogP contribution < -0.4 is 4.74 Å². The van der Waals surface area contributed by atoms with Crippen LogP contribution in [-0.4, -0.2) is 18.2 Å². The van der Waals surface area contributed by atoms with Crippen LogP contribution in [0.25, 0.3) is 11.5 Å². The molecule has 0 aliphatic heterocycles. The zero-order valence-corrected chi connectivity index (χ0v) is 15.2. The third-order valence-electron chi connectivity index (χ3n) is 4.90. The fourth-order valence-corrected chi connectivity index (χ4v) is 3.48. The van der Waals surface area contributed by atoms with Crippen LogP contribution in [0.2, 0.25) is 0 Å². The number of hydrogen-bond donors (Lipinski definition) is 0. The largest absolute Gasteiger partial charge is 0.497 e. The molecule has 134 valence electrons. The van der Waals surface area contributed by atoms with Gasteiger partial charge in [-0.1, -0.05) is 18.6 Å². The lowest BCUT2D eigenvalue weighted by Gasteiger charge is -2.28. The molecule has 1 aliphatic rings. The molecule has 25 heavy (non-hydrogen) atoms. The van der Waals surface area contributed by atoms with Crippen LogP contribution in [0.3, 0.4) is 0 Å². The number of oxazole rings is 1. The molecule has 4 heteroatoms. The second kappa shape index (κ2) is 8.34. The van der Waals surface area contributed by atoms with Crippen LogP contribution >= 0.6 is 0 Å². The Morgan fingerprint density at radius 3 is 3.04 bits per heavy atom. The van der Waals surface area contributed by atoms with Gasteiger partial charge in [-0.3, -0.25) is 0 Å². The monoisotopic (exact) mass is 341 g/mol. The predicted molar refractivity (Wildman–Crippen MR) is 98.6 cm³/mol. The van der Waals surface area contributed by atoms with Gasteiger partial charge in [0.15, 0.2) is 0 Å². The van der Waals surface area contributed by atoms with E-state index in [9.17, 15) is 0 Å². The number of methoxy groups -OCH3 is 1. The fourth-order valence-electron chi connectivity index (χ4n) is 3.48. The summed E-state index contributed by atoms with van der Waals surface area (Å²) in [6, 6.07) is 7.74. The lowest BCUT2D eigenvalue weighted by atomic mass is 9.85. The highest BCUT2D eigenvalue weighted by molar-refractivity contribution is 5.56. The van der Waals surface area contributed by atoms with Crippen molar-refractivity contribution in [3.63, 3.8) is 0 Å². The standard InChI is InChI=1S/C21H27NO3/c1-4-7-16-8-5-11-19(12-16)24-14-20-15(2)25-21(22-20)17-9-6-10-18(13-17)23-3/h4,6,9-10,13,16,19H,1,5,7-8,11-12,14H2,2-3H3. The highest BCUT2D eigenvalue weighted by Gasteiger charge is 2.22. The van der Waals surface area contributed by atoms with Gasteiger partial charge in [0, 0.05) is 5.56 Å². The van der Waals surface area contributed by atoms with Crippen molar-refractivity contribution in [3.8, 4) is 17.2 Å². The molecule has 2 unspecified atom stereocenters. The topological polar surface area (TPSA) is 44.5 Å². The smallest absolute Gasteiger partial charge is 0.226 e. The summed E-state index contributed by atoms with van der Waals surface area (Å²) >= 11 is 0. The zero-order chi connectivity index (χ0) is 17.6. The van der Waals surface area contributed by atoms with Gasteiger partial charge in [0.2, 0.25) is 5.89 Å². The fraction of sp³-hybridized carbons (Fsp3) is 0.476. The minimum Gasteiger partial charge on any atom is -0.497 e. The Kier molecular flexibility index (Phi) is 5.92. The van der Waals surface area contributed by atoms with Gasteiger partial charge in [-0.2, -0.15) is 0 Å². The number of aromatic nitrogens is 1. The molecule has 1 aromatic heterocycles. The van der Waals surface area contributed by atoms with Crippen LogP contribution in [0.5, 0.6) is 5.75 Å². The molecule has 2 aromatic rings. The van der Waals surface area contributed by atoms with Crippen LogP contribution in [0.1, 0.15) is 43.6 Å². The molecule has 0 saturated heterocycles. The Balaban J connectivity index is 1.63. The maximum atomic E-state index is 6.14. The van der Waals surface area contributed by atoms with E-state index in [4.69, 9.17) is 13.9 Å². The summed E-state index contributed by atoms with van der Waals surface area (Å²) in [5.41, 5.74) is 1.79. The molecule has 0 bridgehead atoms. The maximum Gasteiger partial charge on any atom is 0.226 e. The molecule has 1 aliphatic carbocycles. The van der Waals surface area contributed by atoms with Gasteiger partial charge in [0.05, 0.1) is 19.8 Å². The molecule has 2 atom stereocenters. The van der Waals surface area contributed by atoms with Gasteiger partial charge in [0.1, 0.15) is 17.2 Å². The molecule has 3 rings (SSSR count). The molecule has 0 spiro atoms. The lowest BCUT2D eigenvalue weighted by molar-refractivity contribution is 0.000944. The number of benzene rings is 1. The van der Waals surface area contributed by atoms with Crippen molar-refractivity contribution >= 4 is 0 Å². The summed E-state index contributed by atoms with van der Waals surface area (Å²) in [6.45, 7) is 6.30. The van der Waals surface area contributed by atoms with Gasteiger partial charge >= 0.3 is 0 Å². The van der Waals surface area contributed by atoms with Crippen LogP contribution in [0, 0.1) is 12.8 Å². The van der Waals surface area contributed by atoms with Crippen molar-refractivity contribution in [2.24, 2.45) is 5.92 Å². The van der Waals surface area contributed by atoms with Crippen molar-refractivity contribution in [1.29, 1.82) is 0 Å². The number of nitrogens with zero attached hydrogens (tertiary/aromatic N) is 1. The highest BCUT2D eigenvalue weighted by atomic mass is 16.5. The van der Waals surface area contributed by atoms with E-state index in [0.717, 1.165) is 42.0 Å². The summed E-state index contributed by atoms with van der Waals surface area (Å²) in [4.78, 5) is 4.63. The maximum absolute atomic E-state index is 6.14. The van der Waals surface area contributed by atoms with E-state index in [1.165, 1.54) is 12.8 Å². The summed E-state index contributed by atoms with van der Waals surface area (Å²) < 4.78 is 17.2. The van der Waals surface area contributed by atoms with E-state index >= 15 is 0 Å². The van der Waals surface area contributed by atoms with E-state index in [0.29, 0.717) is 24.5 Å². The zero-order valence-electron chi connectivity index (χ0n) is 15.2. The van der Waals surface area contributed by atoms with E-state index in [2.05, 4.69) is 11.6 Å². The molecular weight excluding hydrogens is 314 g/mol. The first-order valence-electron chi connectivity index (χ1n) is 9.02. The first-order chi connectivity index (χ1) is 12.2. The van der Waals surface area contributed by atoms with Gasteiger partial charge in [-0.25, -0.2) is 4.98 Å². The SMILES string of the molecule is C=CCC1CCCC(OCc2nc(-c3cccc(OC)c3)oc2C)C1. The Bertz CT molecular complexity index is 707. The predicted octanol–water partition coefficient (Wildman–Crippen LogP) is 5.31. The summed E-state index contributed by atoms with van der Waals surface area (Å²) in [7, 11) is 1.66. The molecular formula is C21H27NO3. The molecule has 1 aromatic carbocycles. The van der Waals surface area contributed by atoms with Crippen molar-refractivity contribution in [1.82, 2.24) is 4.98 Å². The number of hydrogen-bond acceptors (Lipinski definition) is 4. The van der Waals surface area contributed by atoms with Crippen molar-refractivity contribution in [2.75, 3.05) is 7.11 Å². The Morgan fingerprint density at radius 1 is 1.36 bits per heavy atom. The van der Waals surface area contributed by atoms with Crippen LogP contribution in [0.15, 0.2) is 41.3 Å². The Labute approximate surface area is 149 Å². The summed E-state index contributed by atoms with van der Waals surface area (Å²) in [6.07, 6.45) is 8.19. The first kappa shape index (κ1) is 17.7. The van der Waals surface area contributed by atoms with Crippen LogP contribution in [-0.2, 0) is 11.3 Å². The quantitative estimate of drug-likeness (QED) is 0.640. The minimum absolute atomic E-state index is 0.315. The normalized spacial score (nSPS) is 20.4. The Hall–Kier alpha value is -2.07. The van der Waals surface area contributed by atoms with Crippen molar-refractivity contribution in [2.45, 2.75) is 51.7 Å². The molecule has 1 heterocycles. The molecule has 1 fully saturated rings. The van der Waals surface area contributed by atoms with Crippen LogP contribution in [0.4, 0.5) is 0 Å². The van der Waals surface area contributed by atoms with Gasteiger partial charge in [-0.05, 0) is 56.7 Å². The second-order valence-electron chi connectivity index (χ2n) is 6.74. The van der Waals surface area contributed by atoms with Gasteiger partial charge < -0.3 is 13.9 Å².